The van der Waals surface area contributed by atoms with E-state index in [-0.39, 0.29) is 11.6 Å². The van der Waals surface area contributed by atoms with Crippen molar-refractivity contribution in [2.75, 3.05) is 19.7 Å². The van der Waals surface area contributed by atoms with Crippen LogP contribution < -0.4 is 0 Å². The van der Waals surface area contributed by atoms with Crippen molar-refractivity contribution >= 4 is 5.97 Å². The maximum absolute atomic E-state index is 11.8. The number of epoxide rings is 1. The molecule has 3 rings (SSSR count). The quantitative estimate of drug-likeness (QED) is 0.728. The van der Waals surface area contributed by atoms with E-state index in [0.29, 0.717) is 12.1 Å². The lowest BCUT2D eigenvalue weighted by Crippen LogP contribution is -2.41. The van der Waals surface area contributed by atoms with E-state index in [1.807, 2.05) is 18.2 Å². The molecule has 0 radical (unpaired) electrons. The fraction of sp³-hybridized carbons (Fsp3) is 0.462. The van der Waals surface area contributed by atoms with Gasteiger partial charge in [-0.05, 0) is 25.0 Å². The van der Waals surface area contributed by atoms with Crippen molar-refractivity contribution in [3.05, 3.63) is 35.9 Å². The van der Waals surface area contributed by atoms with E-state index in [4.69, 9.17) is 9.57 Å². The zero-order chi connectivity index (χ0) is 11.7. The predicted octanol–water partition coefficient (Wildman–Crippen LogP) is 1.62. The SMILES string of the molecule is O=C(ON1CCCC2(CO2)C1)c1ccccc1. The highest BCUT2D eigenvalue weighted by Crippen LogP contribution is 2.36. The molecule has 2 aliphatic rings. The Kier molecular flexibility index (Phi) is 2.61. The van der Waals surface area contributed by atoms with Gasteiger partial charge in [0.15, 0.2) is 0 Å². The number of carbonyl (C=O) groups is 1. The number of ether oxygens (including phenoxy) is 1. The second-order valence-corrected chi connectivity index (χ2v) is 4.68. The van der Waals surface area contributed by atoms with E-state index in [0.717, 1.165) is 26.0 Å². The van der Waals surface area contributed by atoms with Crippen molar-refractivity contribution in [3.63, 3.8) is 0 Å². The third kappa shape index (κ3) is 2.33. The Hall–Kier alpha value is -1.39. The van der Waals surface area contributed by atoms with Crippen molar-refractivity contribution in [2.45, 2.75) is 18.4 Å². The van der Waals surface area contributed by atoms with Crippen LogP contribution >= 0.6 is 0 Å². The van der Waals surface area contributed by atoms with Crippen molar-refractivity contribution in [2.24, 2.45) is 0 Å². The van der Waals surface area contributed by atoms with Crippen molar-refractivity contribution in [1.82, 2.24) is 5.06 Å². The molecule has 0 amide bonds. The molecule has 2 fully saturated rings. The molecule has 0 saturated carbocycles. The molecule has 0 aromatic heterocycles. The Morgan fingerprint density at radius 2 is 2.12 bits per heavy atom. The maximum Gasteiger partial charge on any atom is 0.357 e. The molecule has 2 heterocycles. The first-order valence-corrected chi connectivity index (χ1v) is 5.94. The zero-order valence-corrected chi connectivity index (χ0v) is 9.59. The molecule has 0 N–H and O–H groups in total. The lowest BCUT2D eigenvalue weighted by molar-refractivity contribution is -0.133. The summed E-state index contributed by atoms with van der Waals surface area (Å²) < 4.78 is 5.42. The lowest BCUT2D eigenvalue weighted by atomic mass is 10.0. The molecule has 1 unspecified atom stereocenters. The van der Waals surface area contributed by atoms with Gasteiger partial charge in [-0.2, -0.15) is 0 Å². The molecule has 90 valence electrons. The molecule has 1 aromatic rings. The molecule has 1 aromatic carbocycles. The predicted molar refractivity (Wildman–Crippen MR) is 61.3 cm³/mol. The third-order valence-electron chi connectivity index (χ3n) is 3.28. The van der Waals surface area contributed by atoms with Crippen LogP contribution in [0.1, 0.15) is 23.2 Å². The van der Waals surface area contributed by atoms with Gasteiger partial charge in [0.2, 0.25) is 0 Å². The summed E-state index contributed by atoms with van der Waals surface area (Å²) in [5.41, 5.74) is 0.568. The number of hydrogen-bond acceptors (Lipinski definition) is 4. The topological polar surface area (TPSA) is 42.1 Å². The molecule has 0 bridgehead atoms. The van der Waals surface area contributed by atoms with E-state index in [9.17, 15) is 4.79 Å². The molecule has 1 spiro atoms. The highest BCUT2D eigenvalue weighted by atomic mass is 16.7. The summed E-state index contributed by atoms with van der Waals surface area (Å²) >= 11 is 0. The van der Waals surface area contributed by atoms with Gasteiger partial charge < -0.3 is 9.57 Å². The summed E-state index contributed by atoms with van der Waals surface area (Å²) in [5, 5.41) is 1.73. The van der Waals surface area contributed by atoms with E-state index in [1.165, 1.54) is 0 Å². The maximum atomic E-state index is 11.8. The fourth-order valence-corrected chi connectivity index (χ4v) is 2.22. The highest BCUT2D eigenvalue weighted by Gasteiger charge is 2.48. The Morgan fingerprint density at radius 1 is 1.35 bits per heavy atom. The molecule has 4 heteroatoms. The van der Waals surface area contributed by atoms with Crippen LogP contribution in [-0.2, 0) is 9.57 Å². The first-order chi connectivity index (χ1) is 8.27. The van der Waals surface area contributed by atoms with Gasteiger partial charge >= 0.3 is 5.97 Å². The van der Waals surface area contributed by atoms with Gasteiger partial charge in [0.1, 0.15) is 5.60 Å². The molecular formula is C13H15NO3. The standard InChI is InChI=1S/C13H15NO3/c15-12(11-5-2-1-3-6-11)17-14-8-4-7-13(9-14)10-16-13/h1-3,5-6H,4,7-10H2. The second-order valence-electron chi connectivity index (χ2n) is 4.68. The van der Waals surface area contributed by atoms with Crippen LogP contribution in [0.25, 0.3) is 0 Å². The first kappa shape index (κ1) is 10.7. The van der Waals surface area contributed by atoms with Gasteiger partial charge in [0.05, 0.1) is 18.7 Å². The minimum absolute atomic E-state index is 0.0186. The normalized spacial score (nSPS) is 28.0. The minimum atomic E-state index is -0.289. The van der Waals surface area contributed by atoms with E-state index in [1.54, 1.807) is 17.2 Å². The van der Waals surface area contributed by atoms with E-state index in [2.05, 4.69) is 0 Å². The van der Waals surface area contributed by atoms with Crippen LogP contribution in [0, 0.1) is 0 Å². The molecule has 17 heavy (non-hydrogen) atoms. The van der Waals surface area contributed by atoms with E-state index < -0.39 is 0 Å². The lowest BCUT2D eigenvalue weighted by Gasteiger charge is -2.29. The average molecular weight is 233 g/mol. The van der Waals surface area contributed by atoms with Crippen LogP contribution in [-0.4, -0.2) is 36.3 Å². The average Bonchev–Trinajstić information content (AvgIpc) is 3.09. The van der Waals surface area contributed by atoms with Crippen LogP contribution in [0.15, 0.2) is 30.3 Å². The second kappa shape index (κ2) is 4.13. The highest BCUT2D eigenvalue weighted by molar-refractivity contribution is 5.89. The van der Waals surface area contributed by atoms with E-state index >= 15 is 0 Å². The Labute approximate surface area is 100 Å². The summed E-state index contributed by atoms with van der Waals surface area (Å²) in [6.07, 6.45) is 2.09. The summed E-state index contributed by atoms with van der Waals surface area (Å²) in [6.45, 7) is 2.29. The zero-order valence-electron chi connectivity index (χ0n) is 9.59. The summed E-state index contributed by atoms with van der Waals surface area (Å²) in [7, 11) is 0. The molecule has 2 saturated heterocycles. The summed E-state index contributed by atoms with van der Waals surface area (Å²) in [5.74, 6) is -0.289. The monoisotopic (exact) mass is 233 g/mol. The molecule has 2 aliphatic heterocycles. The van der Waals surface area contributed by atoms with Crippen molar-refractivity contribution in [3.8, 4) is 0 Å². The van der Waals surface area contributed by atoms with Crippen molar-refractivity contribution in [1.29, 1.82) is 0 Å². The molecule has 0 aliphatic carbocycles. The van der Waals surface area contributed by atoms with Crippen LogP contribution in [0.4, 0.5) is 0 Å². The van der Waals surface area contributed by atoms with Gasteiger partial charge in [-0.1, -0.05) is 18.2 Å². The Balaban J connectivity index is 1.61. The van der Waals surface area contributed by atoms with Crippen molar-refractivity contribution < 1.29 is 14.4 Å². The number of piperidine rings is 1. The third-order valence-corrected chi connectivity index (χ3v) is 3.28. The van der Waals surface area contributed by atoms with Gasteiger partial charge in [-0.25, -0.2) is 4.79 Å². The van der Waals surface area contributed by atoms with Gasteiger partial charge in [0.25, 0.3) is 0 Å². The first-order valence-electron chi connectivity index (χ1n) is 5.94. The minimum Gasteiger partial charge on any atom is -0.368 e. The fourth-order valence-electron chi connectivity index (χ4n) is 2.22. The number of hydrogen-bond donors (Lipinski definition) is 0. The number of carbonyl (C=O) groups excluding carboxylic acids is 1. The van der Waals surface area contributed by atoms with Gasteiger partial charge in [-0.15, -0.1) is 5.06 Å². The summed E-state index contributed by atoms with van der Waals surface area (Å²) in [4.78, 5) is 17.2. The number of hydroxylamine groups is 2. The molecule has 1 atom stereocenters. The number of rotatable bonds is 2. The number of benzene rings is 1. The van der Waals surface area contributed by atoms with Crippen LogP contribution in [0.3, 0.4) is 0 Å². The summed E-state index contributed by atoms with van der Waals surface area (Å²) in [6, 6.07) is 9.06. The molecular weight excluding hydrogens is 218 g/mol. The van der Waals surface area contributed by atoms with Gasteiger partial charge in [0, 0.05) is 6.54 Å². The number of nitrogens with zero attached hydrogens (tertiary/aromatic N) is 1. The van der Waals surface area contributed by atoms with Crippen LogP contribution in [0.5, 0.6) is 0 Å². The Bertz CT molecular complexity index is 414. The largest absolute Gasteiger partial charge is 0.368 e. The molecule has 4 nitrogen and oxygen atoms in total. The van der Waals surface area contributed by atoms with Crippen LogP contribution in [0.2, 0.25) is 0 Å². The van der Waals surface area contributed by atoms with Gasteiger partial charge in [-0.3, -0.25) is 0 Å². The Morgan fingerprint density at radius 3 is 2.82 bits per heavy atom. The smallest absolute Gasteiger partial charge is 0.357 e.